The van der Waals surface area contributed by atoms with Crippen LogP contribution in [0.3, 0.4) is 0 Å². The van der Waals surface area contributed by atoms with Gasteiger partial charge in [0.05, 0.1) is 6.20 Å². The highest BCUT2D eigenvalue weighted by Crippen LogP contribution is 2.21. The maximum Gasteiger partial charge on any atom is 0.269 e. The third kappa shape index (κ3) is 3.35. The topological polar surface area (TPSA) is 110 Å². The Balaban J connectivity index is 2.01. The third-order valence-corrected chi connectivity index (χ3v) is 2.63. The number of hydrogen-bond donors (Lipinski definition) is 3. The van der Waals surface area contributed by atoms with Crippen molar-refractivity contribution in [1.29, 1.82) is 0 Å². The molecule has 7 heteroatoms. The molecule has 0 aliphatic carbocycles. The van der Waals surface area contributed by atoms with E-state index in [9.17, 15) is 14.7 Å². The first-order valence-electron chi connectivity index (χ1n) is 6.00. The quantitative estimate of drug-likeness (QED) is 0.652. The van der Waals surface area contributed by atoms with Crippen LogP contribution in [-0.2, 0) is 0 Å². The van der Waals surface area contributed by atoms with Gasteiger partial charge in [-0.2, -0.15) is 5.10 Å². The van der Waals surface area contributed by atoms with Gasteiger partial charge in [-0.05, 0) is 5.56 Å². The Hall–Kier alpha value is -2.83. The Labute approximate surface area is 115 Å². The van der Waals surface area contributed by atoms with Crippen molar-refractivity contribution in [2.24, 2.45) is 0 Å². The maximum atomic E-state index is 12.0. The molecule has 1 aromatic carbocycles. The monoisotopic (exact) mass is 273 g/mol. The molecule has 0 radical (unpaired) electrons. The lowest BCUT2D eigenvalue weighted by Gasteiger charge is -2.08. The maximum absolute atomic E-state index is 12.0. The molecule has 2 aromatic rings. The molecular weight excluding hydrogens is 260 g/mol. The van der Waals surface area contributed by atoms with E-state index in [0.29, 0.717) is 11.3 Å². The molecule has 0 bridgehead atoms. The van der Waals surface area contributed by atoms with Gasteiger partial charge in [0.25, 0.3) is 5.91 Å². The second-order valence-electron chi connectivity index (χ2n) is 3.99. The molecule has 0 fully saturated rings. The first-order valence-corrected chi connectivity index (χ1v) is 6.00. The van der Waals surface area contributed by atoms with Crippen LogP contribution in [0.1, 0.15) is 10.5 Å². The number of carbonyl (C=O) groups is 2. The van der Waals surface area contributed by atoms with Crippen molar-refractivity contribution in [3.8, 4) is 11.1 Å². The van der Waals surface area contributed by atoms with Crippen LogP contribution in [0.15, 0.2) is 36.5 Å². The van der Waals surface area contributed by atoms with Crippen LogP contribution in [0.5, 0.6) is 0 Å². The molecule has 20 heavy (non-hydrogen) atoms. The normalized spacial score (nSPS) is 10.0. The summed E-state index contributed by atoms with van der Waals surface area (Å²) >= 11 is 0. The molecule has 7 nitrogen and oxygen atoms in total. The van der Waals surface area contributed by atoms with E-state index in [-0.39, 0.29) is 19.0 Å². The minimum atomic E-state index is -1.37. The Morgan fingerprint density at radius 1 is 1.15 bits per heavy atom. The van der Waals surface area contributed by atoms with Crippen molar-refractivity contribution in [3.63, 3.8) is 0 Å². The summed E-state index contributed by atoms with van der Waals surface area (Å²) in [5.41, 5.74) is 1.90. The van der Waals surface area contributed by atoms with E-state index in [1.165, 1.54) is 0 Å². The van der Waals surface area contributed by atoms with Crippen molar-refractivity contribution >= 4 is 12.0 Å². The van der Waals surface area contributed by atoms with Crippen LogP contribution in [0.25, 0.3) is 11.1 Å². The second-order valence-corrected chi connectivity index (χ2v) is 3.99. The molecule has 1 heterocycles. The average Bonchev–Trinajstić information content (AvgIpc) is 2.93. The highest BCUT2D eigenvalue weighted by atomic mass is 16.4. The molecular formula is C13H13N4O3-. The van der Waals surface area contributed by atoms with E-state index in [0.717, 1.165) is 5.56 Å². The molecule has 104 valence electrons. The fourth-order valence-corrected chi connectivity index (χ4v) is 1.72. The van der Waals surface area contributed by atoms with Crippen LogP contribution in [-0.4, -0.2) is 35.3 Å². The Morgan fingerprint density at radius 3 is 2.55 bits per heavy atom. The van der Waals surface area contributed by atoms with E-state index in [2.05, 4.69) is 20.8 Å². The van der Waals surface area contributed by atoms with Crippen molar-refractivity contribution < 1.29 is 14.7 Å². The van der Waals surface area contributed by atoms with Crippen molar-refractivity contribution in [2.75, 3.05) is 13.1 Å². The van der Waals surface area contributed by atoms with Gasteiger partial charge in [0.15, 0.2) is 0 Å². The van der Waals surface area contributed by atoms with Crippen LogP contribution >= 0.6 is 0 Å². The number of nitrogens with zero attached hydrogens (tertiary/aromatic N) is 1. The van der Waals surface area contributed by atoms with Crippen LogP contribution < -0.4 is 15.7 Å². The summed E-state index contributed by atoms with van der Waals surface area (Å²) in [5, 5.41) is 21.3. The lowest BCUT2D eigenvalue weighted by atomic mass is 10.1. The zero-order chi connectivity index (χ0) is 14.4. The van der Waals surface area contributed by atoms with Gasteiger partial charge in [-0.1, -0.05) is 30.3 Å². The molecule has 0 aliphatic rings. The van der Waals surface area contributed by atoms with Gasteiger partial charge in [0, 0.05) is 18.7 Å². The van der Waals surface area contributed by atoms with E-state index in [1.54, 1.807) is 6.20 Å². The van der Waals surface area contributed by atoms with Gasteiger partial charge in [-0.3, -0.25) is 9.89 Å². The van der Waals surface area contributed by atoms with Gasteiger partial charge in [0.1, 0.15) is 11.8 Å². The van der Waals surface area contributed by atoms with Gasteiger partial charge >= 0.3 is 0 Å². The van der Waals surface area contributed by atoms with E-state index in [1.807, 2.05) is 30.3 Å². The number of aromatic nitrogens is 2. The number of H-pyrrole nitrogens is 1. The zero-order valence-corrected chi connectivity index (χ0v) is 10.6. The molecule has 2 amide bonds. The number of amides is 2. The van der Waals surface area contributed by atoms with E-state index >= 15 is 0 Å². The lowest BCUT2D eigenvalue weighted by molar-refractivity contribution is -0.250. The smallest absolute Gasteiger partial charge is 0.269 e. The van der Waals surface area contributed by atoms with Gasteiger partial charge in [-0.15, -0.1) is 0 Å². The van der Waals surface area contributed by atoms with Crippen molar-refractivity contribution in [2.45, 2.75) is 0 Å². The summed E-state index contributed by atoms with van der Waals surface area (Å²) in [7, 11) is 0. The first kappa shape index (κ1) is 13.6. The largest absolute Gasteiger partial charge is 0.530 e. The molecule has 0 saturated heterocycles. The SMILES string of the molecule is O=C([O-])NCCNC(=O)c1[nH]ncc1-c1ccccc1. The molecule has 0 unspecified atom stereocenters. The fraction of sp³-hybridized carbons (Fsp3) is 0.154. The summed E-state index contributed by atoms with van der Waals surface area (Å²) in [6.07, 6.45) is 0.203. The van der Waals surface area contributed by atoms with Crippen molar-refractivity contribution in [1.82, 2.24) is 20.8 Å². The van der Waals surface area contributed by atoms with Gasteiger partial charge in [-0.25, -0.2) is 0 Å². The summed E-state index contributed by atoms with van der Waals surface area (Å²) in [6, 6.07) is 9.37. The number of carboxylic acid groups (broad SMARTS) is 1. The zero-order valence-electron chi connectivity index (χ0n) is 10.6. The van der Waals surface area contributed by atoms with Crippen LogP contribution in [0, 0.1) is 0 Å². The van der Waals surface area contributed by atoms with Crippen molar-refractivity contribution in [3.05, 3.63) is 42.2 Å². The third-order valence-electron chi connectivity index (χ3n) is 2.63. The van der Waals surface area contributed by atoms with E-state index in [4.69, 9.17) is 0 Å². The molecule has 0 spiro atoms. The summed E-state index contributed by atoms with van der Waals surface area (Å²) in [4.78, 5) is 22.1. The van der Waals surface area contributed by atoms with Gasteiger partial charge in [0.2, 0.25) is 0 Å². The molecule has 0 atom stereocenters. The first-order chi connectivity index (χ1) is 9.68. The highest BCUT2D eigenvalue weighted by Gasteiger charge is 2.14. The molecule has 0 aliphatic heterocycles. The standard InChI is InChI=1S/C13H14N4O3/c18-12(14-6-7-15-13(19)20)11-10(8-16-17-11)9-4-2-1-3-5-9/h1-5,8,15H,6-7H2,(H,14,18)(H,16,17)(H,19,20)/p-1. The Morgan fingerprint density at radius 2 is 1.85 bits per heavy atom. The number of aromatic amines is 1. The number of hydrogen-bond acceptors (Lipinski definition) is 4. The molecule has 2 rings (SSSR count). The van der Waals surface area contributed by atoms with E-state index < -0.39 is 6.09 Å². The number of nitrogens with one attached hydrogen (secondary N) is 3. The minimum absolute atomic E-state index is 0.0862. The molecule has 3 N–H and O–H groups in total. The summed E-state index contributed by atoms with van der Waals surface area (Å²) in [5.74, 6) is -0.346. The molecule has 1 aromatic heterocycles. The highest BCUT2D eigenvalue weighted by molar-refractivity contribution is 5.98. The summed E-state index contributed by atoms with van der Waals surface area (Å²) < 4.78 is 0. The van der Waals surface area contributed by atoms with Crippen LogP contribution in [0.2, 0.25) is 0 Å². The lowest BCUT2D eigenvalue weighted by Crippen LogP contribution is -2.41. The number of carbonyl (C=O) groups excluding carboxylic acids is 2. The predicted octanol–water partition coefficient (Wildman–Crippen LogP) is -0.261. The minimum Gasteiger partial charge on any atom is -0.530 e. The predicted molar refractivity (Wildman–Crippen MR) is 69.8 cm³/mol. The summed E-state index contributed by atoms with van der Waals surface area (Å²) in [6.45, 7) is 0.253. The van der Waals surface area contributed by atoms with Crippen LogP contribution in [0.4, 0.5) is 4.79 Å². The molecule has 0 saturated carbocycles. The number of benzene rings is 1. The average molecular weight is 273 g/mol. The fourth-order valence-electron chi connectivity index (χ4n) is 1.72. The number of rotatable bonds is 5. The Bertz CT molecular complexity index is 595. The second kappa shape index (κ2) is 6.37. The Kier molecular flexibility index (Phi) is 4.33. The van der Waals surface area contributed by atoms with Gasteiger partial charge < -0.3 is 20.5 Å².